The van der Waals surface area contributed by atoms with E-state index in [1.807, 2.05) is 43.3 Å². The van der Waals surface area contributed by atoms with Crippen LogP contribution in [0.15, 0.2) is 42.5 Å². The van der Waals surface area contributed by atoms with Crippen LogP contribution in [0.2, 0.25) is 0 Å². The SMILES string of the molecule is Cc1ccccc1OCC(=O)Nc1ccc2nc(N)sc2c1. The smallest absolute Gasteiger partial charge is 0.262 e. The van der Waals surface area contributed by atoms with Crippen molar-refractivity contribution in [2.24, 2.45) is 0 Å². The Bertz CT molecular complexity index is 829. The van der Waals surface area contributed by atoms with Crippen molar-refractivity contribution in [2.45, 2.75) is 6.92 Å². The molecule has 0 bridgehead atoms. The van der Waals surface area contributed by atoms with E-state index in [0.717, 1.165) is 15.8 Å². The largest absolute Gasteiger partial charge is 0.483 e. The molecule has 1 heterocycles. The predicted molar refractivity (Wildman–Crippen MR) is 89.3 cm³/mol. The minimum Gasteiger partial charge on any atom is -0.483 e. The Morgan fingerprint density at radius 1 is 1.32 bits per heavy atom. The van der Waals surface area contributed by atoms with Crippen LogP contribution >= 0.6 is 11.3 Å². The Morgan fingerprint density at radius 3 is 2.95 bits per heavy atom. The maximum absolute atomic E-state index is 12.0. The third kappa shape index (κ3) is 3.17. The number of benzene rings is 2. The van der Waals surface area contributed by atoms with Crippen LogP contribution in [0.1, 0.15) is 5.56 Å². The number of para-hydroxylation sites is 1. The van der Waals surface area contributed by atoms with E-state index in [0.29, 0.717) is 16.6 Å². The number of nitrogen functional groups attached to an aromatic ring is 1. The van der Waals surface area contributed by atoms with Gasteiger partial charge in [-0.05, 0) is 36.8 Å². The van der Waals surface area contributed by atoms with Crippen molar-refractivity contribution < 1.29 is 9.53 Å². The number of carbonyl (C=O) groups excluding carboxylic acids is 1. The molecule has 5 nitrogen and oxygen atoms in total. The Morgan fingerprint density at radius 2 is 2.14 bits per heavy atom. The molecule has 1 amide bonds. The highest BCUT2D eigenvalue weighted by atomic mass is 32.1. The van der Waals surface area contributed by atoms with Gasteiger partial charge in [0.15, 0.2) is 11.7 Å². The third-order valence-electron chi connectivity index (χ3n) is 3.14. The van der Waals surface area contributed by atoms with Crippen LogP contribution in [0.4, 0.5) is 10.8 Å². The number of rotatable bonds is 4. The first-order valence-electron chi connectivity index (χ1n) is 6.76. The minimum absolute atomic E-state index is 0.0340. The minimum atomic E-state index is -0.208. The molecule has 0 aliphatic heterocycles. The van der Waals surface area contributed by atoms with Crippen LogP contribution < -0.4 is 15.8 Å². The predicted octanol–water partition coefficient (Wildman–Crippen LogP) is 3.20. The molecule has 0 saturated heterocycles. The van der Waals surface area contributed by atoms with Gasteiger partial charge in [0.25, 0.3) is 5.91 Å². The lowest BCUT2D eigenvalue weighted by Crippen LogP contribution is -2.20. The molecule has 0 aliphatic carbocycles. The highest BCUT2D eigenvalue weighted by molar-refractivity contribution is 7.22. The summed E-state index contributed by atoms with van der Waals surface area (Å²) in [5.41, 5.74) is 8.20. The van der Waals surface area contributed by atoms with Crippen molar-refractivity contribution in [2.75, 3.05) is 17.7 Å². The van der Waals surface area contributed by atoms with Crippen molar-refractivity contribution in [1.82, 2.24) is 4.98 Å². The van der Waals surface area contributed by atoms with Crippen molar-refractivity contribution in [3.05, 3.63) is 48.0 Å². The summed E-state index contributed by atoms with van der Waals surface area (Å²) in [6.07, 6.45) is 0. The molecule has 3 N–H and O–H groups in total. The highest BCUT2D eigenvalue weighted by Gasteiger charge is 2.07. The lowest BCUT2D eigenvalue weighted by atomic mass is 10.2. The summed E-state index contributed by atoms with van der Waals surface area (Å²) in [6, 6.07) is 13.1. The molecule has 3 aromatic rings. The number of aryl methyl sites for hydroxylation is 1. The number of ether oxygens (including phenoxy) is 1. The van der Waals surface area contributed by atoms with Crippen LogP contribution in [0.5, 0.6) is 5.75 Å². The maximum Gasteiger partial charge on any atom is 0.262 e. The van der Waals surface area contributed by atoms with Crippen molar-refractivity contribution in [3.8, 4) is 5.75 Å². The van der Waals surface area contributed by atoms with Crippen molar-refractivity contribution in [1.29, 1.82) is 0 Å². The van der Waals surface area contributed by atoms with Gasteiger partial charge < -0.3 is 15.8 Å². The number of nitrogens with two attached hydrogens (primary N) is 1. The Hall–Kier alpha value is -2.60. The Kier molecular flexibility index (Phi) is 3.93. The van der Waals surface area contributed by atoms with Gasteiger partial charge in [-0.3, -0.25) is 4.79 Å². The van der Waals surface area contributed by atoms with Crippen molar-refractivity contribution >= 4 is 38.3 Å². The number of carbonyl (C=O) groups is 1. The molecule has 0 radical (unpaired) electrons. The van der Waals surface area contributed by atoms with Crippen LogP contribution in [0.25, 0.3) is 10.2 Å². The fraction of sp³-hybridized carbons (Fsp3) is 0.125. The number of hydrogen-bond acceptors (Lipinski definition) is 5. The summed E-state index contributed by atoms with van der Waals surface area (Å²) in [6.45, 7) is 1.91. The zero-order valence-corrected chi connectivity index (χ0v) is 12.8. The average Bonchev–Trinajstić information content (AvgIpc) is 2.86. The fourth-order valence-corrected chi connectivity index (χ4v) is 2.85. The summed E-state index contributed by atoms with van der Waals surface area (Å²) >= 11 is 1.39. The van der Waals surface area contributed by atoms with E-state index in [-0.39, 0.29) is 12.5 Å². The molecule has 112 valence electrons. The second-order valence-electron chi connectivity index (χ2n) is 4.84. The summed E-state index contributed by atoms with van der Waals surface area (Å²) in [5.74, 6) is 0.503. The number of anilines is 2. The van der Waals surface area contributed by atoms with E-state index in [2.05, 4.69) is 10.3 Å². The quantitative estimate of drug-likeness (QED) is 0.775. The van der Waals surface area contributed by atoms with Gasteiger partial charge in [-0.15, -0.1) is 0 Å². The second-order valence-corrected chi connectivity index (χ2v) is 5.90. The van der Waals surface area contributed by atoms with E-state index in [9.17, 15) is 4.79 Å². The molecule has 22 heavy (non-hydrogen) atoms. The Balaban J connectivity index is 1.64. The van der Waals surface area contributed by atoms with E-state index < -0.39 is 0 Å². The lowest BCUT2D eigenvalue weighted by molar-refractivity contribution is -0.118. The van der Waals surface area contributed by atoms with Gasteiger partial charge in [-0.2, -0.15) is 0 Å². The van der Waals surface area contributed by atoms with Gasteiger partial charge in [0, 0.05) is 5.69 Å². The van der Waals surface area contributed by atoms with E-state index in [1.54, 1.807) is 6.07 Å². The monoisotopic (exact) mass is 313 g/mol. The standard InChI is InChI=1S/C16H15N3O2S/c1-10-4-2-3-5-13(10)21-9-15(20)18-11-6-7-12-14(8-11)22-16(17)19-12/h2-8H,9H2,1H3,(H2,17,19)(H,18,20). The van der Waals surface area contributed by atoms with E-state index in [4.69, 9.17) is 10.5 Å². The fourth-order valence-electron chi connectivity index (χ4n) is 2.08. The molecule has 2 aromatic carbocycles. The van der Waals surface area contributed by atoms with Gasteiger partial charge in [0.05, 0.1) is 10.2 Å². The molecule has 1 aromatic heterocycles. The van der Waals surface area contributed by atoms with Gasteiger partial charge in [0.2, 0.25) is 0 Å². The highest BCUT2D eigenvalue weighted by Crippen LogP contribution is 2.26. The first-order chi connectivity index (χ1) is 10.6. The first kappa shape index (κ1) is 14.3. The van der Waals surface area contributed by atoms with E-state index >= 15 is 0 Å². The van der Waals surface area contributed by atoms with Gasteiger partial charge >= 0.3 is 0 Å². The summed E-state index contributed by atoms with van der Waals surface area (Å²) in [4.78, 5) is 16.1. The topological polar surface area (TPSA) is 77.2 Å². The van der Waals surface area contributed by atoms with Crippen LogP contribution in [0.3, 0.4) is 0 Å². The first-order valence-corrected chi connectivity index (χ1v) is 7.58. The summed E-state index contributed by atoms with van der Waals surface area (Å²) in [5, 5.41) is 3.32. The van der Waals surface area contributed by atoms with Crippen LogP contribution in [-0.4, -0.2) is 17.5 Å². The average molecular weight is 313 g/mol. The van der Waals surface area contributed by atoms with Crippen LogP contribution in [0, 0.1) is 6.92 Å². The summed E-state index contributed by atoms with van der Waals surface area (Å²) in [7, 11) is 0. The number of nitrogens with one attached hydrogen (secondary N) is 1. The van der Waals surface area contributed by atoms with E-state index in [1.165, 1.54) is 11.3 Å². The van der Waals surface area contributed by atoms with Gasteiger partial charge in [-0.1, -0.05) is 29.5 Å². The lowest BCUT2D eigenvalue weighted by Gasteiger charge is -2.09. The number of thiazole rings is 1. The zero-order valence-electron chi connectivity index (χ0n) is 12.0. The number of fused-ring (bicyclic) bond motifs is 1. The van der Waals surface area contributed by atoms with Gasteiger partial charge in [-0.25, -0.2) is 4.98 Å². The normalized spacial score (nSPS) is 10.6. The third-order valence-corrected chi connectivity index (χ3v) is 3.99. The van der Waals surface area contributed by atoms with Gasteiger partial charge in [0.1, 0.15) is 5.75 Å². The zero-order chi connectivity index (χ0) is 15.5. The molecule has 0 atom stereocenters. The molecular formula is C16H15N3O2S. The molecule has 0 unspecified atom stereocenters. The number of aromatic nitrogens is 1. The molecule has 0 fully saturated rings. The number of hydrogen-bond donors (Lipinski definition) is 2. The maximum atomic E-state index is 12.0. The molecule has 0 aliphatic rings. The second kappa shape index (κ2) is 6.03. The summed E-state index contributed by atoms with van der Waals surface area (Å²) < 4.78 is 6.46. The Labute approximate surface area is 131 Å². The molecular weight excluding hydrogens is 298 g/mol. The van der Waals surface area contributed by atoms with Crippen molar-refractivity contribution in [3.63, 3.8) is 0 Å². The number of nitrogens with zero attached hydrogens (tertiary/aromatic N) is 1. The molecule has 0 spiro atoms. The molecule has 6 heteroatoms. The molecule has 3 rings (SSSR count). The number of amides is 1. The molecule has 0 saturated carbocycles. The van der Waals surface area contributed by atoms with Crippen LogP contribution in [-0.2, 0) is 4.79 Å².